The van der Waals surface area contributed by atoms with E-state index in [0.29, 0.717) is 31.7 Å². The van der Waals surface area contributed by atoms with E-state index in [9.17, 15) is 14.4 Å². The van der Waals surface area contributed by atoms with Crippen LogP contribution in [0.2, 0.25) is 0 Å². The first kappa shape index (κ1) is 27.0. The van der Waals surface area contributed by atoms with Crippen molar-refractivity contribution in [2.45, 2.75) is 57.6 Å². The van der Waals surface area contributed by atoms with Crippen molar-refractivity contribution < 1.29 is 23.9 Å². The molecule has 2 atom stereocenters. The van der Waals surface area contributed by atoms with Gasteiger partial charge in [-0.25, -0.2) is 0 Å². The topological polar surface area (TPSA) is 114 Å². The van der Waals surface area contributed by atoms with Gasteiger partial charge in [0.2, 0.25) is 11.8 Å². The number of hydrogen-bond acceptors (Lipinski definition) is 7. The zero-order valence-corrected chi connectivity index (χ0v) is 22.9. The molecule has 3 amide bonds. The first-order valence-corrected chi connectivity index (χ1v) is 14.1. The number of rotatable bonds is 9. The number of imide groups is 1. The molecule has 1 unspecified atom stereocenters. The maximum Gasteiger partial charge on any atom is 0.255 e. The Morgan fingerprint density at radius 1 is 0.951 bits per heavy atom. The summed E-state index contributed by atoms with van der Waals surface area (Å²) in [6, 6.07) is 21.2. The zero-order valence-electron chi connectivity index (χ0n) is 22.9. The highest BCUT2D eigenvalue weighted by atomic mass is 16.5. The number of fused-ring (bicyclic) bond motifs is 1. The molecule has 3 aliphatic rings. The summed E-state index contributed by atoms with van der Waals surface area (Å²) in [7, 11) is 0. The van der Waals surface area contributed by atoms with Crippen molar-refractivity contribution in [2.24, 2.45) is 5.73 Å². The van der Waals surface area contributed by atoms with Gasteiger partial charge in [0, 0.05) is 50.3 Å². The van der Waals surface area contributed by atoms with Gasteiger partial charge in [-0.2, -0.15) is 0 Å². The van der Waals surface area contributed by atoms with Crippen LogP contribution in [0.1, 0.15) is 51.9 Å². The summed E-state index contributed by atoms with van der Waals surface area (Å²) in [4.78, 5) is 40.7. The molecule has 0 spiro atoms. The largest absolute Gasteiger partial charge is 0.489 e. The summed E-state index contributed by atoms with van der Waals surface area (Å²) in [6.45, 7) is 3.82. The maximum atomic E-state index is 13.0. The Morgan fingerprint density at radius 3 is 2.56 bits per heavy atom. The molecule has 0 aromatic heterocycles. The number of benzene rings is 3. The van der Waals surface area contributed by atoms with Crippen molar-refractivity contribution in [3.8, 4) is 11.5 Å². The predicted molar refractivity (Wildman–Crippen MR) is 152 cm³/mol. The van der Waals surface area contributed by atoms with E-state index in [1.54, 1.807) is 11.0 Å². The Bertz CT molecular complexity index is 1460. The highest BCUT2D eigenvalue weighted by Crippen LogP contribution is 2.31. The first-order chi connectivity index (χ1) is 20.0. The number of nitrogens with one attached hydrogen (secondary N) is 1. The summed E-state index contributed by atoms with van der Waals surface area (Å²) >= 11 is 0. The lowest BCUT2D eigenvalue weighted by Gasteiger charge is -2.29. The van der Waals surface area contributed by atoms with Gasteiger partial charge in [-0.15, -0.1) is 0 Å². The van der Waals surface area contributed by atoms with E-state index in [1.165, 1.54) is 0 Å². The molecule has 3 aromatic carbocycles. The lowest BCUT2D eigenvalue weighted by atomic mass is 10.0. The summed E-state index contributed by atoms with van der Waals surface area (Å²) in [5.41, 5.74) is 10.5. The van der Waals surface area contributed by atoms with Crippen molar-refractivity contribution in [1.82, 2.24) is 15.1 Å². The van der Waals surface area contributed by atoms with E-state index >= 15 is 0 Å². The average molecular weight is 555 g/mol. The van der Waals surface area contributed by atoms with Crippen LogP contribution in [0.5, 0.6) is 11.5 Å². The minimum Gasteiger partial charge on any atom is -0.489 e. The quantitative estimate of drug-likeness (QED) is 0.391. The third kappa shape index (κ3) is 5.96. The molecule has 0 aliphatic carbocycles. The van der Waals surface area contributed by atoms with Gasteiger partial charge in [0.1, 0.15) is 30.3 Å². The third-order valence-electron chi connectivity index (χ3n) is 8.05. The number of para-hydroxylation sites is 1. The van der Waals surface area contributed by atoms with Gasteiger partial charge >= 0.3 is 0 Å². The third-order valence-corrected chi connectivity index (χ3v) is 8.05. The summed E-state index contributed by atoms with van der Waals surface area (Å²) in [5.74, 6) is 0.725. The molecule has 212 valence electrons. The van der Waals surface area contributed by atoms with Gasteiger partial charge in [0.15, 0.2) is 0 Å². The number of ether oxygens (including phenoxy) is 2. The standard InChI is InChI=1S/C32H34N4O5/c33-16-21-5-7-22(8-6-21)20-40-29-4-2-1-3-23(29)17-35-14-13-26(19-35)41-25-9-10-27-24(15-25)18-36(32(27)39)28-11-12-30(37)34-31(28)38/h1-10,15,26,28H,11-14,16-20,33H2,(H,34,37,38)/t26-,28?/m0/s1. The Labute approximate surface area is 239 Å². The monoisotopic (exact) mass is 554 g/mol. The van der Waals surface area contributed by atoms with Gasteiger partial charge in [0.25, 0.3) is 5.91 Å². The molecule has 9 nitrogen and oxygen atoms in total. The molecule has 0 saturated carbocycles. The molecular weight excluding hydrogens is 520 g/mol. The van der Waals surface area contributed by atoms with Crippen molar-refractivity contribution in [2.75, 3.05) is 13.1 Å². The fourth-order valence-corrected chi connectivity index (χ4v) is 5.80. The average Bonchev–Trinajstić information content (AvgIpc) is 3.56. The van der Waals surface area contributed by atoms with Gasteiger partial charge < -0.3 is 20.1 Å². The number of carbonyl (C=O) groups excluding carboxylic acids is 3. The maximum absolute atomic E-state index is 13.0. The molecule has 3 aliphatic heterocycles. The molecule has 3 heterocycles. The minimum absolute atomic E-state index is 0.0329. The van der Waals surface area contributed by atoms with Gasteiger partial charge in [-0.1, -0.05) is 42.5 Å². The van der Waals surface area contributed by atoms with Crippen LogP contribution in [0.15, 0.2) is 66.7 Å². The fraction of sp³-hybridized carbons (Fsp3) is 0.344. The highest BCUT2D eigenvalue weighted by molar-refractivity contribution is 6.05. The number of piperidine rings is 1. The lowest BCUT2D eigenvalue weighted by molar-refractivity contribution is -0.136. The Hall–Kier alpha value is -4.21. The van der Waals surface area contributed by atoms with E-state index in [4.69, 9.17) is 15.2 Å². The van der Waals surface area contributed by atoms with Crippen LogP contribution in [-0.2, 0) is 35.8 Å². The second kappa shape index (κ2) is 11.7. The van der Waals surface area contributed by atoms with Crippen molar-refractivity contribution in [3.05, 3.63) is 94.5 Å². The molecule has 0 radical (unpaired) electrons. The predicted octanol–water partition coefficient (Wildman–Crippen LogP) is 3.14. The molecule has 9 heteroatoms. The van der Waals surface area contributed by atoms with Gasteiger partial charge in [-0.05, 0) is 53.8 Å². The normalized spacial score (nSPS) is 20.7. The first-order valence-electron chi connectivity index (χ1n) is 14.1. The van der Waals surface area contributed by atoms with Crippen molar-refractivity contribution in [3.63, 3.8) is 0 Å². The molecule has 41 heavy (non-hydrogen) atoms. The number of carbonyl (C=O) groups is 3. The summed E-state index contributed by atoms with van der Waals surface area (Å²) < 4.78 is 12.5. The highest BCUT2D eigenvalue weighted by Gasteiger charge is 2.39. The van der Waals surface area contributed by atoms with Crippen LogP contribution in [0.3, 0.4) is 0 Å². The fourth-order valence-electron chi connectivity index (χ4n) is 5.80. The van der Waals surface area contributed by atoms with Crippen LogP contribution < -0.4 is 20.5 Å². The smallest absolute Gasteiger partial charge is 0.255 e. The molecular formula is C32H34N4O5. The molecule has 6 rings (SSSR count). The summed E-state index contributed by atoms with van der Waals surface area (Å²) in [6.07, 6.45) is 1.52. The van der Waals surface area contributed by atoms with Crippen LogP contribution in [0.25, 0.3) is 0 Å². The molecule has 3 N–H and O–H groups in total. The van der Waals surface area contributed by atoms with E-state index < -0.39 is 11.9 Å². The second-order valence-corrected chi connectivity index (χ2v) is 10.9. The van der Waals surface area contributed by atoms with Crippen LogP contribution >= 0.6 is 0 Å². The number of nitrogens with zero attached hydrogens (tertiary/aromatic N) is 2. The SMILES string of the molecule is NCc1ccc(COc2ccccc2CN2CC[C@H](Oc3ccc4c(c3)CN(C3CCC(=O)NC3=O)C4=O)C2)cc1. The van der Waals surface area contributed by atoms with Crippen molar-refractivity contribution >= 4 is 17.7 Å². The number of nitrogens with two attached hydrogens (primary N) is 1. The van der Waals surface area contributed by atoms with E-state index in [2.05, 4.69) is 28.4 Å². The number of likely N-dealkylation sites (tertiary alicyclic amines) is 1. The Morgan fingerprint density at radius 2 is 1.76 bits per heavy atom. The molecule has 0 bridgehead atoms. The van der Waals surface area contributed by atoms with Crippen molar-refractivity contribution in [1.29, 1.82) is 0 Å². The van der Waals surface area contributed by atoms with E-state index in [1.807, 2.05) is 42.5 Å². The van der Waals surface area contributed by atoms with Gasteiger partial charge in [-0.3, -0.25) is 24.6 Å². The zero-order chi connectivity index (χ0) is 28.3. The summed E-state index contributed by atoms with van der Waals surface area (Å²) in [5, 5.41) is 2.34. The van der Waals surface area contributed by atoms with Crippen LogP contribution in [0, 0.1) is 0 Å². The lowest BCUT2D eigenvalue weighted by Crippen LogP contribution is -2.52. The van der Waals surface area contributed by atoms with Gasteiger partial charge in [0.05, 0.1) is 0 Å². The second-order valence-electron chi connectivity index (χ2n) is 10.9. The minimum atomic E-state index is -0.621. The van der Waals surface area contributed by atoms with Crippen LogP contribution in [-0.4, -0.2) is 52.8 Å². The van der Waals surface area contributed by atoms with E-state index in [0.717, 1.165) is 59.8 Å². The number of amides is 3. The molecule has 2 saturated heterocycles. The van der Waals surface area contributed by atoms with E-state index in [-0.39, 0.29) is 24.3 Å². The van der Waals surface area contributed by atoms with Crippen LogP contribution in [0.4, 0.5) is 0 Å². The molecule has 3 aromatic rings. The number of hydrogen-bond donors (Lipinski definition) is 2. The molecule has 2 fully saturated rings. The Kier molecular flexibility index (Phi) is 7.71. The Balaban J connectivity index is 1.04.